The summed E-state index contributed by atoms with van der Waals surface area (Å²) in [6, 6.07) is 11.9. The third-order valence-corrected chi connectivity index (χ3v) is 8.08. The lowest BCUT2D eigenvalue weighted by molar-refractivity contribution is -0.117. The zero-order chi connectivity index (χ0) is 24.1. The Labute approximate surface area is 201 Å². The summed E-state index contributed by atoms with van der Waals surface area (Å²) in [5.41, 5.74) is 1.48. The van der Waals surface area contributed by atoms with Crippen molar-refractivity contribution in [2.75, 3.05) is 62.6 Å². The number of anilines is 2. The topological polar surface area (TPSA) is 102 Å². The lowest BCUT2D eigenvalue weighted by Crippen LogP contribution is -2.48. The molecule has 1 amide bonds. The van der Waals surface area contributed by atoms with E-state index in [9.17, 15) is 18.3 Å². The normalized spacial score (nSPS) is 17.6. The molecule has 0 aliphatic carbocycles. The number of nitrogens with zero attached hydrogens (tertiary/aromatic N) is 3. The molecule has 0 unspecified atom stereocenters. The van der Waals surface area contributed by atoms with E-state index in [0.29, 0.717) is 31.1 Å². The van der Waals surface area contributed by atoms with Gasteiger partial charge in [0.15, 0.2) is 0 Å². The molecule has 0 atom stereocenters. The SMILES string of the molecule is CCOc1ccc(NC(=O)CN2CCN(c3ccc(O)cc3)CC2)cc1S(=O)(=O)N1CCCC1. The van der Waals surface area contributed by atoms with Crippen molar-refractivity contribution in [3.05, 3.63) is 42.5 Å². The van der Waals surface area contributed by atoms with E-state index < -0.39 is 10.0 Å². The third kappa shape index (κ3) is 5.63. The van der Waals surface area contributed by atoms with Crippen LogP contribution in [0.2, 0.25) is 0 Å². The molecule has 2 aliphatic heterocycles. The predicted octanol–water partition coefficient (Wildman–Crippen LogP) is 2.34. The maximum atomic E-state index is 13.2. The summed E-state index contributed by atoms with van der Waals surface area (Å²) in [6.07, 6.45) is 1.69. The van der Waals surface area contributed by atoms with Crippen molar-refractivity contribution in [3.8, 4) is 11.5 Å². The molecular formula is C24H32N4O5S. The molecule has 0 radical (unpaired) electrons. The van der Waals surface area contributed by atoms with E-state index in [1.54, 1.807) is 24.3 Å². The number of phenolic OH excluding ortho intramolecular Hbond substituents is 1. The van der Waals surface area contributed by atoms with Crippen LogP contribution in [0, 0.1) is 0 Å². The van der Waals surface area contributed by atoms with Gasteiger partial charge in [0.05, 0.1) is 13.2 Å². The van der Waals surface area contributed by atoms with Gasteiger partial charge in [0.25, 0.3) is 0 Å². The average molecular weight is 489 g/mol. The fourth-order valence-electron chi connectivity index (χ4n) is 4.36. The van der Waals surface area contributed by atoms with Gasteiger partial charge in [0, 0.05) is 50.6 Å². The number of hydrogen-bond donors (Lipinski definition) is 2. The molecule has 0 saturated carbocycles. The fourth-order valence-corrected chi connectivity index (χ4v) is 6.04. The molecule has 0 aromatic heterocycles. The van der Waals surface area contributed by atoms with Gasteiger partial charge in [0.2, 0.25) is 15.9 Å². The van der Waals surface area contributed by atoms with Gasteiger partial charge in [-0.1, -0.05) is 0 Å². The molecule has 2 saturated heterocycles. The van der Waals surface area contributed by atoms with Crippen molar-refractivity contribution >= 4 is 27.3 Å². The maximum Gasteiger partial charge on any atom is 0.246 e. The van der Waals surface area contributed by atoms with E-state index in [1.165, 1.54) is 10.4 Å². The number of carbonyl (C=O) groups excluding carboxylic acids is 1. The van der Waals surface area contributed by atoms with Gasteiger partial charge in [-0.2, -0.15) is 4.31 Å². The summed E-state index contributed by atoms with van der Waals surface area (Å²) < 4.78 is 33.4. The highest BCUT2D eigenvalue weighted by Crippen LogP contribution is 2.31. The quantitative estimate of drug-likeness (QED) is 0.588. The van der Waals surface area contributed by atoms with Crippen LogP contribution < -0.4 is 15.0 Å². The Balaban J connectivity index is 1.38. The zero-order valence-electron chi connectivity index (χ0n) is 19.4. The number of amides is 1. The minimum atomic E-state index is -3.69. The molecule has 184 valence electrons. The monoisotopic (exact) mass is 488 g/mol. The summed E-state index contributed by atoms with van der Waals surface area (Å²) in [4.78, 5) is 17.1. The molecule has 0 spiro atoms. The molecule has 2 N–H and O–H groups in total. The van der Waals surface area contributed by atoms with Crippen molar-refractivity contribution < 1.29 is 23.1 Å². The van der Waals surface area contributed by atoms with E-state index in [4.69, 9.17) is 4.74 Å². The van der Waals surface area contributed by atoms with Crippen LogP contribution in [0.25, 0.3) is 0 Å². The number of hydrogen-bond acceptors (Lipinski definition) is 7. The number of benzene rings is 2. The summed E-state index contributed by atoms with van der Waals surface area (Å²) in [6.45, 7) is 6.40. The first-order chi connectivity index (χ1) is 16.4. The lowest BCUT2D eigenvalue weighted by Gasteiger charge is -2.35. The van der Waals surface area contributed by atoms with Crippen LogP contribution in [0.1, 0.15) is 19.8 Å². The Bertz CT molecular complexity index is 1090. The molecule has 0 bridgehead atoms. The second kappa shape index (κ2) is 10.6. The molecule has 10 heteroatoms. The molecule has 2 heterocycles. The number of aromatic hydroxyl groups is 1. The maximum absolute atomic E-state index is 13.2. The Morgan fingerprint density at radius 1 is 1.00 bits per heavy atom. The Morgan fingerprint density at radius 3 is 2.32 bits per heavy atom. The van der Waals surface area contributed by atoms with Crippen LogP contribution in [0.5, 0.6) is 11.5 Å². The van der Waals surface area contributed by atoms with Crippen molar-refractivity contribution in [3.63, 3.8) is 0 Å². The summed E-state index contributed by atoms with van der Waals surface area (Å²) >= 11 is 0. The van der Waals surface area contributed by atoms with Crippen molar-refractivity contribution in [1.82, 2.24) is 9.21 Å². The molecule has 2 aliphatic rings. The first kappa shape index (κ1) is 24.3. The molecule has 2 fully saturated rings. The number of rotatable bonds is 8. The van der Waals surface area contributed by atoms with Gasteiger partial charge in [-0.25, -0.2) is 8.42 Å². The van der Waals surface area contributed by atoms with Crippen LogP contribution in [-0.2, 0) is 14.8 Å². The van der Waals surface area contributed by atoms with Gasteiger partial charge in [-0.05, 0) is 62.2 Å². The smallest absolute Gasteiger partial charge is 0.246 e. The number of ether oxygens (including phenoxy) is 1. The molecular weight excluding hydrogens is 456 g/mol. The summed E-state index contributed by atoms with van der Waals surface area (Å²) in [5.74, 6) is 0.356. The van der Waals surface area contributed by atoms with E-state index in [-0.39, 0.29) is 23.1 Å². The average Bonchev–Trinajstić information content (AvgIpc) is 3.37. The van der Waals surface area contributed by atoms with Crippen molar-refractivity contribution in [1.29, 1.82) is 0 Å². The predicted molar refractivity (Wildman–Crippen MR) is 131 cm³/mol. The first-order valence-electron chi connectivity index (χ1n) is 11.7. The largest absolute Gasteiger partial charge is 0.508 e. The minimum Gasteiger partial charge on any atom is -0.508 e. The van der Waals surface area contributed by atoms with Gasteiger partial charge in [0.1, 0.15) is 16.4 Å². The van der Waals surface area contributed by atoms with Crippen LogP contribution in [0.15, 0.2) is 47.4 Å². The van der Waals surface area contributed by atoms with Crippen LogP contribution in [-0.4, -0.2) is 81.1 Å². The number of sulfonamides is 1. The Kier molecular flexibility index (Phi) is 7.60. The van der Waals surface area contributed by atoms with Crippen LogP contribution in [0.3, 0.4) is 0 Å². The number of phenols is 1. The van der Waals surface area contributed by atoms with Gasteiger partial charge in [-0.15, -0.1) is 0 Å². The highest BCUT2D eigenvalue weighted by atomic mass is 32.2. The fraction of sp³-hybridized carbons (Fsp3) is 0.458. The third-order valence-electron chi connectivity index (χ3n) is 6.16. The summed E-state index contributed by atoms with van der Waals surface area (Å²) in [5, 5.41) is 12.3. The second-order valence-electron chi connectivity index (χ2n) is 8.53. The first-order valence-corrected chi connectivity index (χ1v) is 13.1. The summed E-state index contributed by atoms with van der Waals surface area (Å²) in [7, 11) is -3.69. The number of carbonyl (C=O) groups is 1. The van der Waals surface area contributed by atoms with Gasteiger partial charge in [-0.3, -0.25) is 9.69 Å². The Hall–Kier alpha value is -2.82. The van der Waals surface area contributed by atoms with E-state index in [0.717, 1.165) is 44.7 Å². The molecule has 2 aromatic rings. The minimum absolute atomic E-state index is 0.0940. The van der Waals surface area contributed by atoms with Crippen molar-refractivity contribution in [2.45, 2.75) is 24.7 Å². The number of piperazine rings is 1. The van der Waals surface area contributed by atoms with Crippen LogP contribution >= 0.6 is 0 Å². The molecule has 9 nitrogen and oxygen atoms in total. The molecule has 34 heavy (non-hydrogen) atoms. The zero-order valence-corrected chi connectivity index (χ0v) is 20.3. The lowest BCUT2D eigenvalue weighted by atomic mass is 10.2. The highest BCUT2D eigenvalue weighted by molar-refractivity contribution is 7.89. The number of nitrogens with one attached hydrogen (secondary N) is 1. The second-order valence-corrected chi connectivity index (χ2v) is 10.4. The highest BCUT2D eigenvalue weighted by Gasteiger charge is 2.30. The molecule has 2 aromatic carbocycles. The van der Waals surface area contributed by atoms with E-state index in [1.807, 2.05) is 19.1 Å². The van der Waals surface area contributed by atoms with Gasteiger partial charge >= 0.3 is 0 Å². The molecule has 4 rings (SSSR count). The van der Waals surface area contributed by atoms with E-state index in [2.05, 4.69) is 15.1 Å². The standard InChI is InChI=1S/C24H32N4O5S/c1-2-33-22-10-5-19(17-23(22)34(31,32)28-11-3-4-12-28)25-24(30)18-26-13-15-27(16-14-26)20-6-8-21(29)9-7-20/h5-10,17,29H,2-4,11-16,18H2,1H3,(H,25,30). The Morgan fingerprint density at radius 2 is 1.68 bits per heavy atom. The van der Waals surface area contributed by atoms with E-state index >= 15 is 0 Å². The van der Waals surface area contributed by atoms with Gasteiger partial charge < -0.3 is 20.1 Å². The van der Waals surface area contributed by atoms with Crippen molar-refractivity contribution in [2.24, 2.45) is 0 Å². The van der Waals surface area contributed by atoms with Crippen LogP contribution in [0.4, 0.5) is 11.4 Å².